The molecule has 0 saturated carbocycles. The fraction of sp³-hybridized carbons (Fsp3) is 0.375. The molecule has 0 spiro atoms. The molecule has 22 heavy (non-hydrogen) atoms. The van der Waals surface area contributed by atoms with Gasteiger partial charge in [0.1, 0.15) is 5.82 Å². The average Bonchev–Trinajstić information content (AvgIpc) is 2.93. The molecule has 0 fully saturated rings. The number of benzene rings is 1. The highest BCUT2D eigenvalue weighted by Crippen LogP contribution is 2.27. The summed E-state index contributed by atoms with van der Waals surface area (Å²) in [7, 11) is 0. The number of hydrogen-bond acceptors (Lipinski definition) is 4. The molecule has 0 saturated heterocycles. The lowest BCUT2D eigenvalue weighted by Gasteiger charge is -2.09. The first kappa shape index (κ1) is 15.1. The topological polar surface area (TPSA) is 55.1 Å². The molecular weight excluding hydrogens is 303 g/mol. The Morgan fingerprint density at radius 2 is 2.05 bits per heavy atom. The minimum atomic E-state index is -0.253. The molecule has 1 aromatic carbocycles. The number of carbonyl (C=O) groups excluding carboxylic acids is 1. The second-order valence-electron chi connectivity index (χ2n) is 5.24. The Bertz CT molecular complexity index is 655. The van der Waals surface area contributed by atoms with E-state index in [-0.39, 0.29) is 11.7 Å². The molecule has 1 heterocycles. The van der Waals surface area contributed by atoms with Crippen LogP contribution in [0.3, 0.4) is 0 Å². The molecule has 1 amide bonds. The number of fused-ring (bicyclic) bond motifs is 1. The largest absolute Gasteiger partial charge is 0.338 e. The normalized spacial score (nSPS) is 13.7. The van der Waals surface area contributed by atoms with Gasteiger partial charge in [-0.2, -0.15) is 0 Å². The Labute approximate surface area is 132 Å². The molecule has 0 bridgehead atoms. The van der Waals surface area contributed by atoms with Crippen LogP contribution in [0.5, 0.6) is 0 Å². The number of anilines is 1. The van der Waals surface area contributed by atoms with Gasteiger partial charge in [0.2, 0.25) is 11.8 Å². The summed E-state index contributed by atoms with van der Waals surface area (Å²) >= 11 is 1.53. The summed E-state index contributed by atoms with van der Waals surface area (Å²) in [5, 5.41) is 6.82. The van der Waals surface area contributed by atoms with E-state index in [1.165, 1.54) is 23.9 Å². The van der Waals surface area contributed by atoms with E-state index in [1.54, 1.807) is 12.1 Å². The number of amides is 1. The van der Waals surface area contributed by atoms with Gasteiger partial charge < -0.3 is 4.52 Å². The number of aryl methyl sites for hydroxylation is 1. The molecule has 0 unspecified atom stereocenters. The van der Waals surface area contributed by atoms with Crippen molar-refractivity contribution in [2.75, 3.05) is 11.1 Å². The van der Waals surface area contributed by atoms with Gasteiger partial charge in [0, 0.05) is 22.6 Å². The molecule has 6 heteroatoms. The molecule has 1 aliphatic rings. The molecule has 0 radical (unpaired) electrons. The fourth-order valence-corrected chi connectivity index (χ4v) is 3.32. The van der Waals surface area contributed by atoms with Crippen LogP contribution in [-0.2, 0) is 17.6 Å². The van der Waals surface area contributed by atoms with Crippen molar-refractivity contribution in [1.82, 2.24) is 5.16 Å². The third kappa shape index (κ3) is 3.68. The summed E-state index contributed by atoms with van der Waals surface area (Å²) in [4.78, 5) is 12.9. The van der Waals surface area contributed by atoms with Gasteiger partial charge in [-0.3, -0.25) is 10.1 Å². The van der Waals surface area contributed by atoms with E-state index in [0.29, 0.717) is 18.1 Å². The molecule has 3 rings (SSSR count). The second kappa shape index (κ2) is 6.96. The first-order chi connectivity index (χ1) is 10.7. The van der Waals surface area contributed by atoms with Gasteiger partial charge >= 0.3 is 0 Å². The lowest BCUT2D eigenvalue weighted by molar-refractivity contribution is -0.115. The summed E-state index contributed by atoms with van der Waals surface area (Å²) < 4.78 is 18.0. The van der Waals surface area contributed by atoms with Gasteiger partial charge in [0.15, 0.2) is 0 Å². The zero-order valence-electron chi connectivity index (χ0n) is 12.1. The molecule has 0 atom stereocenters. The monoisotopic (exact) mass is 320 g/mol. The predicted octanol–water partition coefficient (Wildman–Crippen LogP) is 3.81. The van der Waals surface area contributed by atoms with E-state index >= 15 is 0 Å². The third-order valence-electron chi connectivity index (χ3n) is 3.62. The molecule has 0 aliphatic heterocycles. The molecule has 2 aromatic rings. The highest BCUT2D eigenvalue weighted by atomic mass is 32.2. The number of thioether (sulfide) groups is 1. The first-order valence-electron chi connectivity index (χ1n) is 7.38. The number of nitrogens with one attached hydrogen (secondary N) is 1. The van der Waals surface area contributed by atoms with Crippen LogP contribution in [0.15, 0.2) is 33.7 Å². The number of carbonyl (C=O) groups is 1. The van der Waals surface area contributed by atoms with Crippen molar-refractivity contribution in [3.05, 3.63) is 41.3 Å². The highest BCUT2D eigenvalue weighted by molar-refractivity contribution is 7.99. The SMILES string of the molecule is O=C(CCSc1ccc(F)cc1)Nc1onc2c1CCCC2. The minimum Gasteiger partial charge on any atom is -0.338 e. The number of halogens is 1. The number of rotatable bonds is 5. The highest BCUT2D eigenvalue weighted by Gasteiger charge is 2.20. The van der Waals surface area contributed by atoms with Crippen LogP contribution in [-0.4, -0.2) is 16.8 Å². The van der Waals surface area contributed by atoms with Gasteiger partial charge in [-0.25, -0.2) is 4.39 Å². The van der Waals surface area contributed by atoms with Crippen LogP contribution in [0.1, 0.15) is 30.5 Å². The summed E-state index contributed by atoms with van der Waals surface area (Å²) in [5.74, 6) is 0.802. The molecular formula is C16H17FN2O2S. The Balaban J connectivity index is 1.48. The van der Waals surface area contributed by atoms with Crippen molar-refractivity contribution >= 4 is 23.6 Å². The summed E-state index contributed by atoms with van der Waals surface area (Å²) in [6, 6.07) is 6.27. The van der Waals surface area contributed by atoms with Crippen molar-refractivity contribution in [2.24, 2.45) is 0 Å². The standard InChI is InChI=1S/C16H17FN2O2S/c17-11-5-7-12(8-6-11)22-10-9-15(20)18-16-13-3-1-2-4-14(13)19-21-16/h5-8H,1-4,9-10H2,(H,18,20). The van der Waals surface area contributed by atoms with Gasteiger partial charge in [0.05, 0.1) is 5.69 Å². The van der Waals surface area contributed by atoms with Crippen molar-refractivity contribution in [3.63, 3.8) is 0 Å². The second-order valence-corrected chi connectivity index (χ2v) is 6.41. The maximum absolute atomic E-state index is 12.8. The van der Waals surface area contributed by atoms with E-state index in [9.17, 15) is 9.18 Å². The van der Waals surface area contributed by atoms with Crippen LogP contribution >= 0.6 is 11.8 Å². The summed E-state index contributed by atoms with van der Waals surface area (Å²) in [6.45, 7) is 0. The lowest BCUT2D eigenvalue weighted by atomic mass is 9.98. The predicted molar refractivity (Wildman–Crippen MR) is 83.5 cm³/mol. The third-order valence-corrected chi connectivity index (χ3v) is 4.64. The Morgan fingerprint density at radius 3 is 2.86 bits per heavy atom. The van der Waals surface area contributed by atoms with Gasteiger partial charge in [-0.1, -0.05) is 5.16 Å². The van der Waals surface area contributed by atoms with Crippen molar-refractivity contribution in [1.29, 1.82) is 0 Å². The molecule has 4 nitrogen and oxygen atoms in total. The molecule has 1 aromatic heterocycles. The molecule has 1 aliphatic carbocycles. The van der Waals surface area contributed by atoms with E-state index in [1.807, 2.05) is 0 Å². The maximum Gasteiger partial charge on any atom is 0.234 e. The lowest BCUT2D eigenvalue weighted by Crippen LogP contribution is -2.13. The fourth-order valence-electron chi connectivity index (χ4n) is 2.47. The number of aromatic nitrogens is 1. The van der Waals surface area contributed by atoms with Gasteiger partial charge in [-0.15, -0.1) is 11.8 Å². The number of nitrogens with zero attached hydrogens (tertiary/aromatic N) is 1. The molecule has 1 N–H and O–H groups in total. The molecule has 116 valence electrons. The van der Waals surface area contributed by atoms with Crippen LogP contribution in [0.2, 0.25) is 0 Å². The zero-order valence-corrected chi connectivity index (χ0v) is 12.9. The Hall–Kier alpha value is -1.82. The van der Waals surface area contributed by atoms with E-state index < -0.39 is 0 Å². The zero-order chi connectivity index (χ0) is 15.4. The van der Waals surface area contributed by atoms with E-state index in [4.69, 9.17) is 4.52 Å². The van der Waals surface area contributed by atoms with Gasteiger partial charge in [-0.05, 0) is 49.9 Å². The maximum atomic E-state index is 12.8. The minimum absolute atomic E-state index is 0.0841. The van der Waals surface area contributed by atoms with E-state index in [2.05, 4.69) is 10.5 Å². The average molecular weight is 320 g/mol. The van der Waals surface area contributed by atoms with Crippen molar-refractivity contribution < 1.29 is 13.7 Å². The first-order valence-corrected chi connectivity index (χ1v) is 8.36. The smallest absolute Gasteiger partial charge is 0.234 e. The summed E-state index contributed by atoms with van der Waals surface area (Å²) in [5.41, 5.74) is 2.02. The van der Waals surface area contributed by atoms with Crippen LogP contribution in [0.4, 0.5) is 10.3 Å². The Kier molecular flexibility index (Phi) is 4.77. The van der Waals surface area contributed by atoms with Gasteiger partial charge in [0.25, 0.3) is 0 Å². The number of hydrogen-bond donors (Lipinski definition) is 1. The summed E-state index contributed by atoms with van der Waals surface area (Å²) in [6.07, 6.45) is 4.45. The quantitative estimate of drug-likeness (QED) is 0.851. The Morgan fingerprint density at radius 1 is 1.27 bits per heavy atom. The van der Waals surface area contributed by atoms with Crippen LogP contribution < -0.4 is 5.32 Å². The van der Waals surface area contributed by atoms with E-state index in [0.717, 1.165) is 41.8 Å². The van der Waals surface area contributed by atoms with Crippen LogP contribution in [0.25, 0.3) is 0 Å². The van der Waals surface area contributed by atoms with Crippen LogP contribution in [0, 0.1) is 5.82 Å². The van der Waals surface area contributed by atoms with Crippen molar-refractivity contribution in [3.8, 4) is 0 Å². The van der Waals surface area contributed by atoms with Crippen molar-refractivity contribution in [2.45, 2.75) is 37.0 Å².